The molecular formula is C31H36N4. The van der Waals surface area contributed by atoms with Gasteiger partial charge in [0, 0.05) is 0 Å². The highest BCUT2D eigenvalue weighted by molar-refractivity contribution is 5.81. The molecule has 0 heterocycles. The van der Waals surface area contributed by atoms with Gasteiger partial charge < -0.3 is 22.9 Å². The molecule has 4 aromatic carbocycles. The third kappa shape index (κ3) is 4.32. The van der Waals surface area contributed by atoms with Crippen molar-refractivity contribution in [2.45, 2.75) is 48.0 Å². The Bertz CT molecular complexity index is 1350. The minimum atomic E-state index is 0.609. The second-order valence-electron chi connectivity index (χ2n) is 9.84. The van der Waals surface area contributed by atoms with Crippen LogP contribution >= 0.6 is 0 Å². The molecule has 0 aromatic heterocycles. The monoisotopic (exact) mass is 464 g/mol. The third-order valence-electron chi connectivity index (χ3n) is 7.37. The van der Waals surface area contributed by atoms with Crippen molar-refractivity contribution in [2.24, 2.45) is 0 Å². The zero-order valence-electron chi connectivity index (χ0n) is 21.6. The van der Waals surface area contributed by atoms with Gasteiger partial charge in [-0.1, -0.05) is 24.3 Å². The first-order valence-corrected chi connectivity index (χ1v) is 12.0. The summed E-state index contributed by atoms with van der Waals surface area (Å²) in [6.07, 6.45) is 0.852. The molecule has 0 radical (unpaired) electrons. The second-order valence-corrected chi connectivity index (χ2v) is 9.84. The van der Waals surface area contributed by atoms with E-state index in [1.165, 1.54) is 55.6 Å². The van der Waals surface area contributed by atoms with E-state index in [-0.39, 0.29) is 0 Å². The van der Waals surface area contributed by atoms with Gasteiger partial charge in [-0.25, -0.2) is 0 Å². The van der Waals surface area contributed by atoms with Gasteiger partial charge in [-0.15, -0.1) is 0 Å². The predicted molar refractivity (Wildman–Crippen MR) is 153 cm³/mol. The summed E-state index contributed by atoms with van der Waals surface area (Å²) in [6.45, 7) is 13.2. The van der Waals surface area contributed by atoms with Crippen LogP contribution in [0.2, 0.25) is 0 Å². The van der Waals surface area contributed by atoms with Gasteiger partial charge in [0.25, 0.3) is 0 Å². The first kappa shape index (κ1) is 24.2. The van der Waals surface area contributed by atoms with Gasteiger partial charge in [0.2, 0.25) is 0 Å². The molecule has 8 N–H and O–H groups in total. The molecule has 0 unspecified atom stereocenters. The second kappa shape index (κ2) is 9.03. The molecule has 0 atom stereocenters. The van der Waals surface area contributed by atoms with Gasteiger partial charge in [0.1, 0.15) is 0 Å². The highest BCUT2D eigenvalue weighted by Gasteiger charge is 2.18. The van der Waals surface area contributed by atoms with Crippen LogP contribution in [0, 0.1) is 41.5 Å². The summed E-state index contributed by atoms with van der Waals surface area (Å²) >= 11 is 0. The lowest BCUT2D eigenvalue weighted by molar-refractivity contribution is 1.07. The summed E-state index contributed by atoms with van der Waals surface area (Å²) in [4.78, 5) is 0. The van der Waals surface area contributed by atoms with Crippen LogP contribution in [-0.2, 0) is 6.42 Å². The van der Waals surface area contributed by atoms with Crippen molar-refractivity contribution in [3.8, 4) is 22.3 Å². The van der Waals surface area contributed by atoms with E-state index in [9.17, 15) is 0 Å². The number of aryl methyl sites for hydroxylation is 4. The molecule has 0 aliphatic rings. The number of nitrogen functional groups attached to an aromatic ring is 4. The minimum Gasteiger partial charge on any atom is -0.397 e. The normalized spacial score (nSPS) is 11.1. The van der Waals surface area contributed by atoms with Gasteiger partial charge in [-0.05, 0) is 139 Å². The number of anilines is 4. The van der Waals surface area contributed by atoms with Gasteiger partial charge in [-0.2, -0.15) is 0 Å². The molecule has 4 aromatic rings. The topological polar surface area (TPSA) is 104 Å². The van der Waals surface area contributed by atoms with Crippen molar-refractivity contribution in [2.75, 3.05) is 22.9 Å². The number of benzene rings is 4. The predicted octanol–water partition coefficient (Wildman–Crippen LogP) is 6.79. The highest BCUT2D eigenvalue weighted by Crippen LogP contribution is 2.38. The summed E-state index contributed by atoms with van der Waals surface area (Å²) in [5.74, 6) is 0. The van der Waals surface area contributed by atoms with E-state index in [1.807, 2.05) is 24.3 Å². The van der Waals surface area contributed by atoms with Gasteiger partial charge >= 0.3 is 0 Å². The molecule has 0 aliphatic carbocycles. The minimum absolute atomic E-state index is 0.609. The summed E-state index contributed by atoms with van der Waals surface area (Å²) in [5, 5.41) is 0. The van der Waals surface area contributed by atoms with Gasteiger partial charge in [0.15, 0.2) is 0 Å². The molecule has 4 nitrogen and oxygen atoms in total. The summed E-state index contributed by atoms with van der Waals surface area (Å²) in [7, 11) is 0. The van der Waals surface area contributed by atoms with Crippen LogP contribution < -0.4 is 22.9 Å². The average Bonchev–Trinajstić information content (AvgIpc) is 2.77. The standard InChI is InChI=1S/C31H36N4/c1-16-11-18(3)30(22-7-9-26(32)28(34)13-22)20(5)24(16)15-25-17(2)12-19(4)31(21(25)6)23-8-10-27(33)29(35)14-23/h7-14H,15,32-35H2,1-6H3. The van der Waals surface area contributed by atoms with E-state index in [0.717, 1.165) is 17.5 Å². The van der Waals surface area contributed by atoms with Crippen molar-refractivity contribution < 1.29 is 0 Å². The van der Waals surface area contributed by atoms with Crippen LogP contribution in [-0.4, -0.2) is 0 Å². The Kier molecular flexibility index (Phi) is 6.25. The maximum Gasteiger partial charge on any atom is 0.0554 e. The summed E-state index contributed by atoms with van der Waals surface area (Å²) < 4.78 is 0. The first-order chi connectivity index (χ1) is 16.5. The fourth-order valence-corrected chi connectivity index (χ4v) is 5.52. The third-order valence-corrected chi connectivity index (χ3v) is 7.37. The van der Waals surface area contributed by atoms with Crippen LogP contribution in [0.4, 0.5) is 22.7 Å². The Morgan fingerprint density at radius 1 is 0.457 bits per heavy atom. The van der Waals surface area contributed by atoms with E-state index in [1.54, 1.807) is 0 Å². The lowest BCUT2D eigenvalue weighted by Crippen LogP contribution is -2.05. The molecule has 35 heavy (non-hydrogen) atoms. The van der Waals surface area contributed by atoms with E-state index in [0.29, 0.717) is 22.7 Å². The maximum atomic E-state index is 6.15. The van der Waals surface area contributed by atoms with E-state index in [4.69, 9.17) is 22.9 Å². The van der Waals surface area contributed by atoms with Gasteiger partial charge in [-0.3, -0.25) is 0 Å². The number of hydrogen-bond acceptors (Lipinski definition) is 4. The number of rotatable bonds is 4. The van der Waals surface area contributed by atoms with Crippen LogP contribution in [0.25, 0.3) is 22.3 Å². The van der Waals surface area contributed by atoms with Crippen molar-refractivity contribution in [1.29, 1.82) is 0 Å². The Morgan fingerprint density at radius 2 is 0.829 bits per heavy atom. The lowest BCUT2D eigenvalue weighted by atomic mass is 9.82. The lowest BCUT2D eigenvalue weighted by Gasteiger charge is -2.22. The Balaban J connectivity index is 1.88. The van der Waals surface area contributed by atoms with E-state index >= 15 is 0 Å². The molecule has 4 rings (SSSR count). The van der Waals surface area contributed by atoms with Crippen LogP contribution in [0.1, 0.15) is 44.5 Å². The van der Waals surface area contributed by atoms with Crippen LogP contribution in [0.15, 0.2) is 48.5 Å². The molecule has 0 amide bonds. The Morgan fingerprint density at radius 3 is 1.17 bits per heavy atom. The average molecular weight is 465 g/mol. The quantitative estimate of drug-likeness (QED) is 0.250. The SMILES string of the molecule is Cc1cc(C)c(-c2ccc(N)c(N)c2)c(C)c1Cc1c(C)cc(C)c(-c2ccc(N)c(N)c2)c1C. The molecule has 0 aliphatic heterocycles. The molecule has 4 heteroatoms. The zero-order chi connectivity index (χ0) is 25.6. The van der Waals surface area contributed by atoms with Crippen molar-refractivity contribution >= 4 is 22.7 Å². The van der Waals surface area contributed by atoms with Crippen LogP contribution in [0.3, 0.4) is 0 Å². The van der Waals surface area contributed by atoms with Crippen molar-refractivity contribution in [3.05, 3.63) is 93.0 Å². The highest BCUT2D eigenvalue weighted by atomic mass is 14.7. The molecule has 0 spiro atoms. The molecule has 0 saturated heterocycles. The Hall–Kier alpha value is -3.92. The van der Waals surface area contributed by atoms with Gasteiger partial charge in [0.05, 0.1) is 22.7 Å². The fraction of sp³-hybridized carbons (Fsp3) is 0.226. The van der Waals surface area contributed by atoms with E-state index < -0.39 is 0 Å². The smallest absolute Gasteiger partial charge is 0.0554 e. The molecule has 180 valence electrons. The zero-order valence-corrected chi connectivity index (χ0v) is 21.6. The summed E-state index contributed by atoms with van der Waals surface area (Å²) in [5.41, 5.74) is 41.7. The largest absolute Gasteiger partial charge is 0.397 e. The van der Waals surface area contributed by atoms with Crippen molar-refractivity contribution in [3.63, 3.8) is 0 Å². The van der Waals surface area contributed by atoms with E-state index in [2.05, 4.69) is 65.8 Å². The molecular weight excluding hydrogens is 428 g/mol. The molecule has 0 fully saturated rings. The number of hydrogen-bond donors (Lipinski definition) is 4. The van der Waals surface area contributed by atoms with Crippen LogP contribution in [0.5, 0.6) is 0 Å². The fourth-order valence-electron chi connectivity index (χ4n) is 5.52. The number of nitrogens with two attached hydrogens (primary N) is 4. The maximum absolute atomic E-state index is 6.15. The molecule has 0 bridgehead atoms. The summed E-state index contributed by atoms with van der Waals surface area (Å²) in [6, 6.07) is 16.4. The molecule has 0 saturated carbocycles. The van der Waals surface area contributed by atoms with Crippen molar-refractivity contribution in [1.82, 2.24) is 0 Å². The first-order valence-electron chi connectivity index (χ1n) is 12.0. The Labute approximate surface area is 209 Å².